The van der Waals surface area contributed by atoms with Crippen molar-refractivity contribution in [1.29, 1.82) is 0 Å². The first-order valence-corrected chi connectivity index (χ1v) is 14.8. The van der Waals surface area contributed by atoms with Crippen LogP contribution >= 0.6 is 11.3 Å². The minimum absolute atomic E-state index is 0.0815. The first kappa shape index (κ1) is 25.6. The fraction of sp³-hybridized carbons (Fsp3) is 0.310. The van der Waals surface area contributed by atoms with Crippen molar-refractivity contribution in [3.8, 4) is 0 Å². The Morgan fingerprint density at radius 1 is 1.00 bits per heavy atom. The average Bonchev–Trinajstić information content (AvgIpc) is 3.37. The van der Waals surface area contributed by atoms with E-state index in [4.69, 9.17) is 4.98 Å². The molecule has 1 fully saturated rings. The second kappa shape index (κ2) is 10.4. The van der Waals surface area contributed by atoms with Gasteiger partial charge >= 0.3 is 0 Å². The molecule has 5 rings (SSSR count). The highest BCUT2D eigenvalue weighted by atomic mass is 32.2. The Balaban J connectivity index is 1.47. The Bertz CT molecular complexity index is 1490. The summed E-state index contributed by atoms with van der Waals surface area (Å²) in [7, 11) is -3.68. The van der Waals surface area contributed by atoms with Crippen molar-refractivity contribution in [3.63, 3.8) is 0 Å². The molecule has 0 N–H and O–H groups in total. The predicted molar refractivity (Wildman–Crippen MR) is 149 cm³/mol. The van der Waals surface area contributed by atoms with Gasteiger partial charge in [-0.1, -0.05) is 71.5 Å². The number of aryl methyl sites for hydroxylation is 3. The molecule has 6 nitrogen and oxygen atoms in total. The van der Waals surface area contributed by atoms with E-state index in [2.05, 4.69) is 19.1 Å². The number of hydrogen-bond acceptors (Lipinski definition) is 5. The van der Waals surface area contributed by atoms with Crippen molar-refractivity contribution >= 4 is 42.6 Å². The fourth-order valence-electron chi connectivity index (χ4n) is 4.81. The molecule has 192 valence electrons. The van der Waals surface area contributed by atoms with Gasteiger partial charge in [0.05, 0.1) is 27.6 Å². The maximum Gasteiger partial charge on any atom is 0.243 e. The second-order valence-electron chi connectivity index (χ2n) is 9.80. The number of amides is 1. The largest absolute Gasteiger partial charge is 0.283 e. The summed E-state index contributed by atoms with van der Waals surface area (Å²) in [5, 5.41) is 0.653. The molecule has 1 saturated heterocycles. The van der Waals surface area contributed by atoms with Gasteiger partial charge in [0, 0.05) is 13.1 Å². The van der Waals surface area contributed by atoms with E-state index in [0.717, 1.165) is 32.5 Å². The minimum atomic E-state index is -3.68. The number of piperidine rings is 1. The van der Waals surface area contributed by atoms with Crippen LogP contribution in [0.15, 0.2) is 71.6 Å². The van der Waals surface area contributed by atoms with E-state index in [1.54, 1.807) is 29.2 Å². The molecule has 1 unspecified atom stereocenters. The molecule has 3 aromatic carbocycles. The van der Waals surface area contributed by atoms with Gasteiger partial charge in [0.2, 0.25) is 15.9 Å². The Hall–Kier alpha value is -3.07. The number of rotatable bonds is 6. The molecular formula is C29H31N3O3S2. The highest BCUT2D eigenvalue weighted by molar-refractivity contribution is 7.89. The number of carbonyl (C=O) groups excluding carboxylic acids is 1. The second-order valence-corrected chi connectivity index (χ2v) is 12.7. The van der Waals surface area contributed by atoms with Crippen molar-refractivity contribution in [1.82, 2.24) is 9.29 Å². The monoisotopic (exact) mass is 533 g/mol. The molecule has 4 aromatic rings. The molecule has 0 bridgehead atoms. The molecule has 1 aromatic heterocycles. The van der Waals surface area contributed by atoms with Crippen molar-refractivity contribution < 1.29 is 13.2 Å². The van der Waals surface area contributed by atoms with Crippen LogP contribution in [0.3, 0.4) is 0 Å². The number of nitrogens with zero attached hydrogens (tertiary/aromatic N) is 3. The van der Waals surface area contributed by atoms with Crippen LogP contribution in [0.25, 0.3) is 10.2 Å². The smallest absolute Gasteiger partial charge is 0.243 e. The lowest BCUT2D eigenvalue weighted by Gasteiger charge is -2.33. The topological polar surface area (TPSA) is 70.6 Å². The van der Waals surface area contributed by atoms with Crippen molar-refractivity contribution in [2.24, 2.45) is 5.92 Å². The van der Waals surface area contributed by atoms with Crippen LogP contribution in [0.4, 0.5) is 5.13 Å². The normalized spacial score (nSPS) is 16.7. The molecule has 0 aliphatic carbocycles. The molecule has 2 heterocycles. The van der Waals surface area contributed by atoms with E-state index < -0.39 is 15.9 Å². The van der Waals surface area contributed by atoms with Crippen LogP contribution in [-0.4, -0.2) is 36.7 Å². The zero-order valence-corrected chi connectivity index (χ0v) is 23.0. The number of sulfonamides is 1. The van der Waals surface area contributed by atoms with E-state index in [0.29, 0.717) is 31.1 Å². The quantitative estimate of drug-likeness (QED) is 0.311. The van der Waals surface area contributed by atoms with Gasteiger partial charge in [0.25, 0.3) is 0 Å². The van der Waals surface area contributed by atoms with E-state index in [1.807, 2.05) is 44.2 Å². The van der Waals surface area contributed by atoms with Crippen LogP contribution < -0.4 is 4.90 Å². The standard InChI is InChI=1S/C29H31N3O3S2/c1-20-11-15-25(16-12-20)37(34,35)31-17-7-10-24(19-31)28(33)32(18-23-8-5-4-6-9-23)29-30-26-21(2)13-14-22(3)27(26)36-29/h4-6,8-9,11-16,24H,7,10,17-19H2,1-3H3. The fourth-order valence-corrected chi connectivity index (χ4v) is 7.45. The zero-order chi connectivity index (χ0) is 26.2. The molecular weight excluding hydrogens is 502 g/mol. The molecule has 1 amide bonds. The number of fused-ring (bicyclic) bond motifs is 1. The summed E-state index contributed by atoms with van der Waals surface area (Å²) in [5.74, 6) is -0.520. The summed E-state index contributed by atoms with van der Waals surface area (Å²) in [6.07, 6.45) is 1.28. The minimum Gasteiger partial charge on any atom is -0.283 e. The Kier molecular flexibility index (Phi) is 7.16. The van der Waals surface area contributed by atoms with E-state index in [-0.39, 0.29) is 17.3 Å². The summed E-state index contributed by atoms with van der Waals surface area (Å²) in [5.41, 5.74) is 5.12. The number of hydrogen-bond donors (Lipinski definition) is 0. The third kappa shape index (κ3) is 5.19. The van der Waals surface area contributed by atoms with Crippen molar-refractivity contribution in [3.05, 3.63) is 89.0 Å². The highest BCUT2D eigenvalue weighted by Gasteiger charge is 2.36. The summed E-state index contributed by atoms with van der Waals surface area (Å²) >= 11 is 1.52. The molecule has 1 atom stereocenters. The van der Waals surface area contributed by atoms with Crippen LogP contribution in [0.1, 0.15) is 35.1 Å². The molecule has 8 heteroatoms. The van der Waals surface area contributed by atoms with Crippen LogP contribution in [0, 0.1) is 26.7 Å². The Morgan fingerprint density at radius 2 is 1.70 bits per heavy atom. The third-order valence-electron chi connectivity index (χ3n) is 7.00. The molecule has 1 aliphatic heterocycles. The van der Waals surface area contributed by atoms with Crippen molar-refractivity contribution in [2.75, 3.05) is 18.0 Å². The van der Waals surface area contributed by atoms with Gasteiger partial charge in [-0.3, -0.25) is 9.69 Å². The van der Waals surface area contributed by atoms with Crippen molar-refractivity contribution in [2.45, 2.75) is 45.1 Å². The number of anilines is 1. The average molecular weight is 534 g/mol. The van der Waals surface area contributed by atoms with Crippen LogP contribution in [0.2, 0.25) is 0 Å². The first-order valence-electron chi connectivity index (χ1n) is 12.5. The summed E-state index contributed by atoms with van der Waals surface area (Å²) in [6, 6.07) is 20.9. The van der Waals surface area contributed by atoms with E-state index in [1.165, 1.54) is 15.6 Å². The third-order valence-corrected chi connectivity index (χ3v) is 10.1. The first-order chi connectivity index (χ1) is 17.7. The predicted octanol–water partition coefficient (Wildman–Crippen LogP) is 5.86. The lowest BCUT2D eigenvalue weighted by molar-refractivity contribution is -0.123. The summed E-state index contributed by atoms with van der Waals surface area (Å²) in [4.78, 5) is 21.0. The van der Waals surface area contributed by atoms with E-state index in [9.17, 15) is 13.2 Å². The van der Waals surface area contributed by atoms with Gasteiger partial charge in [-0.25, -0.2) is 13.4 Å². The van der Waals surface area contributed by atoms with Crippen LogP contribution in [0.5, 0.6) is 0 Å². The molecule has 37 heavy (non-hydrogen) atoms. The van der Waals surface area contributed by atoms with Gasteiger partial charge in [-0.2, -0.15) is 4.31 Å². The number of benzene rings is 3. The van der Waals surface area contributed by atoms with Gasteiger partial charge in [0.1, 0.15) is 0 Å². The SMILES string of the molecule is Cc1ccc(S(=O)(=O)N2CCCC(C(=O)N(Cc3ccccc3)c3nc4c(C)ccc(C)c4s3)C2)cc1. The number of carbonyl (C=O) groups is 1. The molecule has 0 saturated carbocycles. The number of aromatic nitrogens is 1. The van der Waals surface area contributed by atoms with Gasteiger partial charge < -0.3 is 0 Å². The van der Waals surface area contributed by atoms with Gasteiger partial charge in [-0.15, -0.1) is 0 Å². The number of thiazole rings is 1. The maximum atomic E-state index is 14.1. The lowest BCUT2D eigenvalue weighted by atomic mass is 9.98. The maximum absolute atomic E-state index is 14.1. The highest BCUT2D eigenvalue weighted by Crippen LogP contribution is 2.35. The van der Waals surface area contributed by atoms with Gasteiger partial charge in [-0.05, 0) is 62.4 Å². The lowest BCUT2D eigenvalue weighted by Crippen LogP contribution is -2.46. The molecule has 1 aliphatic rings. The summed E-state index contributed by atoms with van der Waals surface area (Å²) in [6.45, 7) is 6.99. The van der Waals surface area contributed by atoms with E-state index >= 15 is 0 Å². The molecule has 0 radical (unpaired) electrons. The molecule has 0 spiro atoms. The van der Waals surface area contributed by atoms with Gasteiger partial charge in [0.15, 0.2) is 5.13 Å². The van der Waals surface area contributed by atoms with Crippen LogP contribution in [-0.2, 0) is 21.4 Å². The summed E-state index contributed by atoms with van der Waals surface area (Å²) < 4.78 is 29.3. The zero-order valence-electron chi connectivity index (χ0n) is 21.3. The Morgan fingerprint density at radius 3 is 2.41 bits per heavy atom. The Labute approximate surface area is 222 Å².